The summed E-state index contributed by atoms with van der Waals surface area (Å²) >= 11 is 5.54. The molecule has 8 nitrogen and oxygen atoms in total. The number of hydrogen-bond acceptors (Lipinski definition) is 6. The van der Waals surface area contributed by atoms with Gasteiger partial charge in [-0.3, -0.25) is 14.9 Å². The summed E-state index contributed by atoms with van der Waals surface area (Å²) in [7, 11) is 1.52. The molecule has 0 radical (unpaired) electrons. The number of barbiturate groups is 1. The summed E-state index contributed by atoms with van der Waals surface area (Å²) in [6.45, 7) is 4.82. The zero-order valence-electron chi connectivity index (χ0n) is 24.1. The van der Waals surface area contributed by atoms with Crippen molar-refractivity contribution in [3.05, 3.63) is 120 Å². The maximum absolute atomic E-state index is 13.5. The molecule has 1 fully saturated rings. The van der Waals surface area contributed by atoms with Crippen molar-refractivity contribution in [3.8, 4) is 17.2 Å². The smallest absolute Gasteiger partial charge is 0.335 e. The molecule has 10 heteroatoms. The Hall–Kier alpha value is -4.16. The van der Waals surface area contributed by atoms with Crippen LogP contribution in [-0.2, 0) is 22.8 Å². The molecule has 1 saturated heterocycles. The second-order valence-corrected chi connectivity index (χ2v) is 12.2. The van der Waals surface area contributed by atoms with E-state index in [1.807, 2.05) is 30.3 Å². The van der Waals surface area contributed by atoms with Gasteiger partial charge < -0.3 is 14.2 Å². The molecule has 1 aliphatic heterocycles. The molecule has 0 saturated carbocycles. The minimum atomic E-state index is -0.831. The van der Waals surface area contributed by atoms with E-state index in [0.717, 1.165) is 24.1 Å². The van der Waals surface area contributed by atoms with Gasteiger partial charge in [0.2, 0.25) is 0 Å². The highest BCUT2D eigenvalue weighted by molar-refractivity contribution is 14.1. The number of nitrogens with one attached hydrogen (secondary N) is 1. The number of carbonyl (C=O) groups excluding carboxylic acids is 3. The number of nitrogens with zero attached hydrogens (tertiary/aromatic N) is 1. The molecule has 0 aromatic heterocycles. The highest BCUT2D eigenvalue weighted by Crippen LogP contribution is 2.36. The van der Waals surface area contributed by atoms with Crippen molar-refractivity contribution in [3.63, 3.8) is 0 Å². The van der Waals surface area contributed by atoms with E-state index in [1.54, 1.807) is 36.4 Å². The minimum absolute atomic E-state index is 0.193. The maximum Gasteiger partial charge on any atom is 0.335 e. The van der Waals surface area contributed by atoms with Gasteiger partial charge in [0.05, 0.1) is 16.4 Å². The second-order valence-electron chi connectivity index (χ2n) is 10.1. The van der Waals surface area contributed by atoms with Crippen molar-refractivity contribution < 1.29 is 28.6 Å². The number of amides is 4. The molecular weight excluding hydrogens is 739 g/mol. The summed E-state index contributed by atoms with van der Waals surface area (Å²) in [5.41, 5.74) is 5.04. The first-order valence-electron chi connectivity index (χ1n) is 13.6. The van der Waals surface area contributed by atoms with Gasteiger partial charge in [0.1, 0.15) is 24.5 Å². The fourth-order valence-corrected chi connectivity index (χ4v) is 5.55. The topological polar surface area (TPSA) is 94.2 Å². The fraction of sp³-hybridized carbons (Fsp3) is 0.147. The first-order valence-corrected chi connectivity index (χ1v) is 15.5. The van der Waals surface area contributed by atoms with Gasteiger partial charge >= 0.3 is 6.03 Å². The average molecular weight is 767 g/mol. The lowest BCUT2D eigenvalue weighted by molar-refractivity contribution is -0.122. The molecule has 44 heavy (non-hydrogen) atoms. The standard InChI is InChI=1S/C34H28BrIN2O6/c1-20-4-5-23(14-21(20)2)19-44-31-29(36)16-24(17-30(31)42-3)15-28-32(39)37-34(41)38(33(28)40)26-10-12-27(13-11-26)43-18-22-6-8-25(35)9-7-22/h4-17H,18-19H2,1-3H3,(H,37,39,41)/b28-15+. The van der Waals surface area contributed by atoms with Gasteiger partial charge in [0.25, 0.3) is 11.8 Å². The molecule has 0 unspecified atom stereocenters. The Morgan fingerprint density at radius 3 is 2.20 bits per heavy atom. The first-order chi connectivity index (χ1) is 21.1. The summed E-state index contributed by atoms with van der Waals surface area (Å²) < 4.78 is 19.2. The summed E-state index contributed by atoms with van der Waals surface area (Å²) in [4.78, 5) is 39.9. The predicted molar refractivity (Wildman–Crippen MR) is 180 cm³/mol. The number of benzene rings is 4. The Morgan fingerprint density at radius 2 is 1.52 bits per heavy atom. The number of methoxy groups -OCH3 is 1. The third-order valence-electron chi connectivity index (χ3n) is 7.03. The van der Waals surface area contributed by atoms with Crippen molar-refractivity contribution in [1.82, 2.24) is 5.32 Å². The monoisotopic (exact) mass is 766 g/mol. The van der Waals surface area contributed by atoms with E-state index in [1.165, 1.54) is 24.3 Å². The van der Waals surface area contributed by atoms with Gasteiger partial charge in [-0.15, -0.1) is 0 Å². The fourth-order valence-electron chi connectivity index (χ4n) is 4.51. The Balaban J connectivity index is 1.33. The van der Waals surface area contributed by atoms with Gasteiger partial charge in [0, 0.05) is 4.47 Å². The van der Waals surface area contributed by atoms with Crippen LogP contribution in [0.25, 0.3) is 6.08 Å². The Kier molecular flexibility index (Phi) is 9.70. The van der Waals surface area contributed by atoms with Crippen LogP contribution < -0.4 is 24.4 Å². The van der Waals surface area contributed by atoms with E-state index >= 15 is 0 Å². The van der Waals surface area contributed by atoms with E-state index in [9.17, 15) is 14.4 Å². The Morgan fingerprint density at radius 1 is 0.841 bits per heavy atom. The van der Waals surface area contributed by atoms with Gasteiger partial charge in [-0.25, -0.2) is 9.69 Å². The number of hydrogen-bond donors (Lipinski definition) is 1. The first kappa shape index (κ1) is 31.3. The Labute approximate surface area is 277 Å². The molecule has 0 spiro atoms. The Bertz CT molecular complexity index is 1770. The number of rotatable bonds is 9. The molecule has 224 valence electrons. The molecule has 4 amide bonds. The van der Waals surface area contributed by atoms with Crippen LogP contribution in [0.3, 0.4) is 0 Å². The van der Waals surface area contributed by atoms with Gasteiger partial charge in [-0.2, -0.15) is 0 Å². The zero-order valence-corrected chi connectivity index (χ0v) is 27.9. The van der Waals surface area contributed by atoms with Crippen molar-refractivity contribution in [2.24, 2.45) is 0 Å². The molecule has 0 atom stereocenters. The number of anilines is 1. The van der Waals surface area contributed by atoms with Crippen molar-refractivity contribution >= 4 is 68.1 Å². The SMILES string of the molecule is COc1cc(/C=C2\C(=O)NC(=O)N(c3ccc(OCc4ccc(Br)cc4)cc3)C2=O)cc(I)c1OCc1ccc(C)c(C)c1. The van der Waals surface area contributed by atoms with E-state index in [2.05, 4.69) is 69.8 Å². The molecule has 4 aromatic rings. The molecule has 4 aromatic carbocycles. The summed E-state index contributed by atoms with van der Waals surface area (Å²) in [6.07, 6.45) is 1.44. The van der Waals surface area contributed by atoms with Crippen LogP contribution in [0, 0.1) is 17.4 Å². The number of imide groups is 2. The maximum atomic E-state index is 13.5. The van der Waals surface area contributed by atoms with E-state index < -0.39 is 17.8 Å². The minimum Gasteiger partial charge on any atom is -0.493 e. The lowest BCUT2D eigenvalue weighted by Gasteiger charge is -2.26. The van der Waals surface area contributed by atoms with Crippen molar-refractivity contribution in [2.45, 2.75) is 27.1 Å². The summed E-state index contributed by atoms with van der Waals surface area (Å²) in [5.74, 6) is 0.0333. The van der Waals surface area contributed by atoms with Crippen LogP contribution >= 0.6 is 38.5 Å². The molecule has 0 bridgehead atoms. The quantitative estimate of drug-likeness (QED) is 0.108. The zero-order chi connectivity index (χ0) is 31.4. The van der Waals surface area contributed by atoms with Crippen molar-refractivity contribution in [2.75, 3.05) is 12.0 Å². The number of halogens is 2. The van der Waals surface area contributed by atoms with Crippen LogP contribution in [0.1, 0.15) is 27.8 Å². The molecule has 1 aliphatic rings. The summed E-state index contributed by atoms with van der Waals surface area (Å²) in [6, 6.07) is 23.1. The highest BCUT2D eigenvalue weighted by atomic mass is 127. The van der Waals surface area contributed by atoms with Crippen LogP contribution in [0.5, 0.6) is 17.2 Å². The number of ether oxygens (including phenoxy) is 3. The number of carbonyl (C=O) groups is 3. The normalized spacial score (nSPS) is 14.1. The third-order valence-corrected chi connectivity index (χ3v) is 8.36. The van der Waals surface area contributed by atoms with Crippen LogP contribution in [-0.4, -0.2) is 25.0 Å². The number of aryl methyl sites for hydroxylation is 2. The van der Waals surface area contributed by atoms with Gasteiger partial charge in [-0.05, 0) is 119 Å². The predicted octanol–water partition coefficient (Wildman–Crippen LogP) is 7.50. The largest absolute Gasteiger partial charge is 0.493 e. The number of urea groups is 1. The second kappa shape index (κ2) is 13.6. The van der Waals surface area contributed by atoms with Crippen molar-refractivity contribution in [1.29, 1.82) is 0 Å². The molecule has 1 N–H and O–H groups in total. The highest BCUT2D eigenvalue weighted by Gasteiger charge is 2.37. The lowest BCUT2D eigenvalue weighted by atomic mass is 10.1. The van der Waals surface area contributed by atoms with E-state index in [4.69, 9.17) is 14.2 Å². The molecule has 0 aliphatic carbocycles. The van der Waals surface area contributed by atoms with Crippen LogP contribution in [0.15, 0.2) is 88.9 Å². The third kappa shape index (κ3) is 7.13. The lowest BCUT2D eigenvalue weighted by Crippen LogP contribution is -2.54. The van der Waals surface area contributed by atoms with Crippen LogP contribution in [0.4, 0.5) is 10.5 Å². The van der Waals surface area contributed by atoms with E-state index in [-0.39, 0.29) is 5.57 Å². The molecule has 5 rings (SSSR count). The summed E-state index contributed by atoms with van der Waals surface area (Å²) in [5, 5.41) is 2.26. The molecule has 1 heterocycles. The van der Waals surface area contributed by atoms with Crippen LogP contribution in [0.2, 0.25) is 0 Å². The molecular formula is C34H28BrIN2O6. The van der Waals surface area contributed by atoms with Gasteiger partial charge in [0.15, 0.2) is 11.5 Å². The van der Waals surface area contributed by atoms with E-state index in [0.29, 0.717) is 41.7 Å². The van der Waals surface area contributed by atoms with Gasteiger partial charge in [-0.1, -0.05) is 46.3 Å². The average Bonchev–Trinajstić information content (AvgIpc) is 3.00.